The number of benzene rings is 1. The fraction of sp³-hybridized carbons (Fsp3) is 0.600. The van der Waals surface area contributed by atoms with E-state index in [2.05, 4.69) is 5.32 Å². The molecule has 1 fully saturated rings. The quantitative estimate of drug-likeness (QED) is 0.831. The second kappa shape index (κ2) is 6.35. The molecule has 112 valence electrons. The van der Waals surface area contributed by atoms with E-state index in [1.807, 2.05) is 18.2 Å². The number of nitrogens with one attached hydrogen (secondary N) is 1. The highest BCUT2D eigenvalue weighted by molar-refractivity contribution is 6.30. The number of alkyl halides is 3. The summed E-state index contributed by atoms with van der Waals surface area (Å²) >= 11 is 5.98. The van der Waals surface area contributed by atoms with Crippen LogP contribution in [-0.4, -0.2) is 13.2 Å². The summed E-state index contributed by atoms with van der Waals surface area (Å²) in [6.45, 7) is 0. The molecule has 0 bridgehead atoms. The van der Waals surface area contributed by atoms with Crippen LogP contribution in [0.15, 0.2) is 24.3 Å². The predicted octanol–water partition coefficient (Wildman–Crippen LogP) is 4.97. The Kier molecular flexibility index (Phi) is 4.97. The second-order valence-corrected chi connectivity index (χ2v) is 5.92. The Morgan fingerprint density at radius 1 is 1.30 bits per heavy atom. The minimum atomic E-state index is -4.08. The van der Waals surface area contributed by atoms with Gasteiger partial charge in [0.15, 0.2) is 0 Å². The van der Waals surface area contributed by atoms with E-state index >= 15 is 0 Å². The maximum Gasteiger partial charge on any atom is 0.391 e. The van der Waals surface area contributed by atoms with Crippen molar-refractivity contribution in [1.82, 2.24) is 5.32 Å². The van der Waals surface area contributed by atoms with E-state index < -0.39 is 12.1 Å². The maximum absolute atomic E-state index is 12.9. The van der Waals surface area contributed by atoms with Crippen molar-refractivity contribution in [3.8, 4) is 0 Å². The van der Waals surface area contributed by atoms with Gasteiger partial charge in [0.2, 0.25) is 0 Å². The number of halogens is 4. The van der Waals surface area contributed by atoms with Gasteiger partial charge < -0.3 is 5.32 Å². The lowest BCUT2D eigenvalue weighted by molar-refractivity contribution is -0.186. The van der Waals surface area contributed by atoms with E-state index in [-0.39, 0.29) is 24.8 Å². The summed E-state index contributed by atoms with van der Waals surface area (Å²) in [6.07, 6.45) is -2.17. The molecule has 0 radical (unpaired) electrons. The lowest BCUT2D eigenvalue weighted by Crippen LogP contribution is -2.34. The Bertz CT molecular complexity index is 447. The molecule has 0 amide bonds. The molecule has 0 saturated heterocycles. The van der Waals surface area contributed by atoms with E-state index in [4.69, 9.17) is 11.6 Å². The standard InChI is InChI=1S/C15H19ClF3N/c1-20-14(11-5-3-7-13(16)9-11)10-4-2-6-12(8-10)15(17,18)19/h3,5,7,9-10,12,14,20H,2,4,6,8H2,1H3. The van der Waals surface area contributed by atoms with Crippen LogP contribution in [0.4, 0.5) is 13.2 Å². The van der Waals surface area contributed by atoms with Gasteiger partial charge in [0.1, 0.15) is 0 Å². The molecule has 20 heavy (non-hydrogen) atoms. The SMILES string of the molecule is CNC(c1cccc(Cl)c1)C1CCCC(C(F)(F)F)C1. The molecule has 1 nitrogen and oxygen atoms in total. The van der Waals surface area contributed by atoms with Gasteiger partial charge in [-0.15, -0.1) is 0 Å². The lowest BCUT2D eigenvalue weighted by atomic mass is 9.76. The Balaban J connectivity index is 2.15. The second-order valence-electron chi connectivity index (χ2n) is 5.49. The van der Waals surface area contributed by atoms with Crippen LogP contribution in [0, 0.1) is 11.8 Å². The molecule has 0 heterocycles. The first kappa shape index (κ1) is 15.6. The van der Waals surface area contributed by atoms with Crippen LogP contribution in [0.3, 0.4) is 0 Å². The van der Waals surface area contributed by atoms with E-state index in [1.54, 1.807) is 13.1 Å². The third kappa shape index (κ3) is 3.67. The van der Waals surface area contributed by atoms with Gasteiger partial charge in [0, 0.05) is 11.1 Å². The van der Waals surface area contributed by atoms with Crippen molar-refractivity contribution in [3.05, 3.63) is 34.9 Å². The molecule has 1 aromatic carbocycles. The van der Waals surface area contributed by atoms with Crippen LogP contribution >= 0.6 is 11.6 Å². The molecule has 1 aliphatic rings. The molecule has 3 unspecified atom stereocenters. The van der Waals surface area contributed by atoms with Gasteiger partial charge in [-0.1, -0.05) is 30.2 Å². The first-order valence-corrected chi connectivity index (χ1v) is 7.29. The van der Waals surface area contributed by atoms with Gasteiger partial charge in [-0.2, -0.15) is 13.2 Å². The monoisotopic (exact) mass is 305 g/mol. The molecule has 2 rings (SSSR count). The van der Waals surface area contributed by atoms with Gasteiger partial charge in [-0.3, -0.25) is 0 Å². The van der Waals surface area contributed by atoms with Gasteiger partial charge in [-0.05, 0) is 49.9 Å². The fourth-order valence-corrected chi connectivity index (χ4v) is 3.40. The minimum absolute atomic E-state index is 0.00107. The number of rotatable bonds is 3. The Labute approximate surface area is 122 Å². The molecule has 5 heteroatoms. The highest BCUT2D eigenvalue weighted by Gasteiger charge is 2.43. The maximum atomic E-state index is 12.9. The van der Waals surface area contributed by atoms with E-state index in [1.165, 1.54) is 0 Å². The van der Waals surface area contributed by atoms with E-state index in [9.17, 15) is 13.2 Å². The summed E-state index contributed by atoms with van der Waals surface area (Å²) in [4.78, 5) is 0. The molecular formula is C15H19ClF3N. The van der Waals surface area contributed by atoms with Gasteiger partial charge in [0.25, 0.3) is 0 Å². The Hall–Kier alpha value is -0.740. The molecule has 0 spiro atoms. The van der Waals surface area contributed by atoms with Crippen LogP contribution in [0.2, 0.25) is 5.02 Å². The smallest absolute Gasteiger partial charge is 0.313 e. The van der Waals surface area contributed by atoms with Gasteiger partial charge in [0.05, 0.1) is 5.92 Å². The summed E-state index contributed by atoms with van der Waals surface area (Å²) in [6, 6.07) is 7.30. The first-order valence-electron chi connectivity index (χ1n) is 6.91. The Morgan fingerprint density at radius 2 is 2.05 bits per heavy atom. The van der Waals surface area contributed by atoms with Crippen molar-refractivity contribution >= 4 is 11.6 Å². The van der Waals surface area contributed by atoms with Crippen molar-refractivity contribution in [1.29, 1.82) is 0 Å². The summed E-state index contributed by atoms with van der Waals surface area (Å²) in [5, 5.41) is 3.78. The summed E-state index contributed by atoms with van der Waals surface area (Å²) in [5.41, 5.74) is 0.966. The molecule has 0 aliphatic heterocycles. The van der Waals surface area contributed by atoms with Crippen molar-refractivity contribution in [2.75, 3.05) is 7.05 Å². The third-order valence-electron chi connectivity index (χ3n) is 4.17. The van der Waals surface area contributed by atoms with Crippen LogP contribution in [0.5, 0.6) is 0 Å². The largest absolute Gasteiger partial charge is 0.391 e. The lowest BCUT2D eigenvalue weighted by Gasteiger charge is -2.35. The molecule has 1 aromatic rings. The van der Waals surface area contributed by atoms with Crippen LogP contribution < -0.4 is 5.32 Å². The third-order valence-corrected chi connectivity index (χ3v) is 4.40. The zero-order valence-corrected chi connectivity index (χ0v) is 12.1. The average molecular weight is 306 g/mol. The predicted molar refractivity (Wildman–Crippen MR) is 74.8 cm³/mol. The average Bonchev–Trinajstić information content (AvgIpc) is 2.39. The van der Waals surface area contributed by atoms with Crippen molar-refractivity contribution < 1.29 is 13.2 Å². The van der Waals surface area contributed by atoms with Gasteiger partial charge in [-0.25, -0.2) is 0 Å². The summed E-state index contributed by atoms with van der Waals surface area (Å²) < 4.78 is 38.7. The highest BCUT2D eigenvalue weighted by atomic mass is 35.5. The van der Waals surface area contributed by atoms with E-state index in [0.717, 1.165) is 12.0 Å². The first-order chi connectivity index (χ1) is 9.41. The Morgan fingerprint density at radius 3 is 2.65 bits per heavy atom. The fourth-order valence-electron chi connectivity index (χ4n) is 3.20. The van der Waals surface area contributed by atoms with Crippen molar-refractivity contribution in [3.63, 3.8) is 0 Å². The summed E-state index contributed by atoms with van der Waals surface area (Å²) in [5.74, 6) is -1.17. The van der Waals surface area contributed by atoms with Crippen LogP contribution in [0.25, 0.3) is 0 Å². The number of hydrogen-bond donors (Lipinski definition) is 1. The highest BCUT2D eigenvalue weighted by Crippen LogP contribution is 2.43. The zero-order valence-electron chi connectivity index (χ0n) is 11.4. The van der Waals surface area contributed by atoms with Crippen LogP contribution in [0.1, 0.15) is 37.3 Å². The molecule has 3 atom stereocenters. The summed E-state index contributed by atoms with van der Waals surface area (Å²) in [7, 11) is 1.79. The molecule has 1 aliphatic carbocycles. The molecule has 1 N–H and O–H groups in total. The van der Waals surface area contributed by atoms with E-state index in [0.29, 0.717) is 11.4 Å². The zero-order chi connectivity index (χ0) is 14.8. The molecule has 1 saturated carbocycles. The molecule has 0 aromatic heterocycles. The molecular weight excluding hydrogens is 287 g/mol. The van der Waals surface area contributed by atoms with Gasteiger partial charge >= 0.3 is 6.18 Å². The topological polar surface area (TPSA) is 12.0 Å². The van der Waals surface area contributed by atoms with Crippen LogP contribution in [-0.2, 0) is 0 Å². The van der Waals surface area contributed by atoms with Crippen molar-refractivity contribution in [2.45, 2.75) is 37.9 Å². The minimum Gasteiger partial charge on any atom is -0.313 e. The normalized spacial score (nSPS) is 25.4. The van der Waals surface area contributed by atoms with Crippen molar-refractivity contribution in [2.24, 2.45) is 11.8 Å². The number of hydrogen-bond acceptors (Lipinski definition) is 1.